The Morgan fingerprint density at radius 2 is 1.80 bits per heavy atom. The Kier molecular flexibility index (Phi) is 5.62. The third kappa shape index (κ3) is 5.05. The Morgan fingerprint density at radius 1 is 0.960 bits per heavy atom. The Balaban J connectivity index is 1.54. The predicted octanol–water partition coefficient (Wildman–Crippen LogP) is 4.88. The smallest absolute Gasteiger partial charge is 0.224 e. The van der Waals surface area contributed by atoms with E-state index < -0.39 is 0 Å². The van der Waals surface area contributed by atoms with Crippen LogP contribution in [0.5, 0.6) is 0 Å². The average molecular weight is 332 g/mol. The molecule has 1 aromatic heterocycles. The van der Waals surface area contributed by atoms with Crippen LogP contribution in [0.2, 0.25) is 0 Å². The van der Waals surface area contributed by atoms with Crippen LogP contribution in [0.4, 0.5) is 17.5 Å². The minimum Gasteiger partial charge on any atom is -0.354 e. The summed E-state index contributed by atoms with van der Waals surface area (Å²) in [4.78, 5) is 8.84. The monoisotopic (exact) mass is 332 g/mol. The molecule has 4 heteroatoms. The Labute approximate surface area is 149 Å². The zero-order valence-electron chi connectivity index (χ0n) is 14.8. The molecule has 0 saturated heterocycles. The number of anilines is 3. The fraction of sp³-hybridized carbons (Fsp3) is 0.238. The molecule has 1 heterocycles. The lowest BCUT2D eigenvalue weighted by Gasteiger charge is -2.11. The summed E-state index contributed by atoms with van der Waals surface area (Å²) in [6.45, 7) is 5.04. The summed E-state index contributed by atoms with van der Waals surface area (Å²) in [5.74, 6) is 1.45. The highest BCUT2D eigenvalue weighted by Gasteiger charge is 2.02. The quantitative estimate of drug-likeness (QED) is 0.605. The molecule has 0 amide bonds. The largest absolute Gasteiger partial charge is 0.354 e. The van der Waals surface area contributed by atoms with Gasteiger partial charge < -0.3 is 10.6 Å². The van der Waals surface area contributed by atoms with E-state index in [1.165, 1.54) is 16.7 Å². The summed E-state index contributed by atoms with van der Waals surface area (Å²) in [6, 6.07) is 18.7. The number of benzene rings is 2. The predicted molar refractivity (Wildman–Crippen MR) is 104 cm³/mol. The fourth-order valence-electron chi connectivity index (χ4n) is 2.74. The minimum atomic E-state index is 0.655. The van der Waals surface area contributed by atoms with Crippen LogP contribution < -0.4 is 10.6 Å². The number of aryl methyl sites for hydroxylation is 3. The molecule has 128 valence electrons. The Hall–Kier alpha value is -2.88. The van der Waals surface area contributed by atoms with Gasteiger partial charge in [-0.15, -0.1) is 0 Å². The summed E-state index contributed by atoms with van der Waals surface area (Å²) < 4.78 is 0. The number of nitrogens with one attached hydrogen (secondary N) is 2. The van der Waals surface area contributed by atoms with Crippen molar-refractivity contribution in [2.45, 2.75) is 26.7 Å². The van der Waals surface area contributed by atoms with E-state index in [1.807, 2.05) is 12.1 Å². The SMILES string of the molecule is Cc1ccc(Nc2ccnc(NCCCc3ccccc3)n2)c(C)c1. The summed E-state index contributed by atoms with van der Waals surface area (Å²) in [5.41, 5.74) is 4.89. The zero-order chi connectivity index (χ0) is 17.5. The van der Waals surface area contributed by atoms with Crippen molar-refractivity contribution in [2.24, 2.45) is 0 Å². The van der Waals surface area contributed by atoms with Crippen LogP contribution in [-0.4, -0.2) is 16.5 Å². The second-order valence-corrected chi connectivity index (χ2v) is 6.22. The summed E-state index contributed by atoms with van der Waals surface area (Å²) >= 11 is 0. The van der Waals surface area contributed by atoms with Crippen molar-refractivity contribution in [1.82, 2.24) is 9.97 Å². The van der Waals surface area contributed by atoms with E-state index in [0.29, 0.717) is 5.95 Å². The van der Waals surface area contributed by atoms with Gasteiger partial charge in [-0.25, -0.2) is 4.98 Å². The van der Waals surface area contributed by atoms with Gasteiger partial charge in [0.1, 0.15) is 5.82 Å². The van der Waals surface area contributed by atoms with Crippen LogP contribution in [0.3, 0.4) is 0 Å². The number of aromatic nitrogens is 2. The van der Waals surface area contributed by atoms with Gasteiger partial charge in [-0.05, 0) is 49.9 Å². The molecule has 3 rings (SSSR count). The van der Waals surface area contributed by atoms with Crippen LogP contribution in [0.1, 0.15) is 23.1 Å². The average Bonchev–Trinajstić information content (AvgIpc) is 2.62. The lowest BCUT2D eigenvalue weighted by Crippen LogP contribution is -2.07. The van der Waals surface area contributed by atoms with Gasteiger partial charge >= 0.3 is 0 Å². The van der Waals surface area contributed by atoms with Crippen molar-refractivity contribution in [3.05, 3.63) is 77.5 Å². The van der Waals surface area contributed by atoms with Crippen molar-refractivity contribution >= 4 is 17.5 Å². The first-order valence-electron chi connectivity index (χ1n) is 8.66. The summed E-state index contributed by atoms with van der Waals surface area (Å²) in [6.07, 6.45) is 3.87. The van der Waals surface area contributed by atoms with E-state index in [-0.39, 0.29) is 0 Å². The second kappa shape index (κ2) is 8.29. The van der Waals surface area contributed by atoms with E-state index in [1.54, 1.807) is 6.20 Å². The molecule has 0 aliphatic heterocycles. The number of hydrogen-bond acceptors (Lipinski definition) is 4. The summed E-state index contributed by atoms with van der Waals surface area (Å²) in [7, 11) is 0. The molecular weight excluding hydrogens is 308 g/mol. The van der Waals surface area contributed by atoms with Crippen molar-refractivity contribution in [2.75, 3.05) is 17.2 Å². The molecule has 2 N–H and O–H groups in total. The van der Waals surface area contributed by atoms with E-state index in [9.17, 15) is 0 Å². The lowest BCUT2D eigenvalue weighted by atomic mass is 10.1. The second-order valence-electron chi connectivity index (χ2n) is 6.22. The van der Waals surface area contributed by atoms with Crippen molar-refractivity contribution in [3.63, 3.8) is 0 Å². The van der Waals surface area contributed by atoms with Gasteiger partial charge in [-0.3, -0.25) is 0 Å². The van der Waals surface area contributed by atoms with Crippen LogP contribution >= 0.6 is 0 Å². The molecule has 0 radical (unpaired) electrons. The molecule has 2 aromatic carbocycles. The number of nitrogens with zero attached hydrogens (tertiary/aromatic N) is 2. The standard InChI is InChI=1S/C21H24N4/c1-16-10-11-19(17(2)15-16)24-20-12-14-23-21(25-20)22-13-6-9-18-7-4-3-5-8-18/h3-5,7-8,10-12,14-15H,6,9,13H2,1-2H3,(H2,22,23,24,25). The summed E-state index contributed by atoms with van der Waals surface area (Å²) in [5, 5.41) is 6.67. The molecular formula is C21H24N4. The molecule has 0 aliphatic carbocycles. The van der Waals surface area contributed by atoms with Crippen LogP contribution in [0.25, 0.3) is 0 Å². The van der Waals surface area contributed by atoms with Crippen LogP contribution in [0.15, 0.2) is 60.8 Å². The molecule has 0 spiro atoms. The van der Waals surface area contributed by atoms with Gasteiger partial charge in [0.15, 0.2) is 0 Å². The van der Waals surface area contributed by atoms with Crippen molar-refractivity contribution < 1.29 is 0 Å². The Bertz CT molecular complexity index is 815. The normalized spacial score (nSPS) is 10.5. The molecule has 4 nitrogen and oxygen atoms in total. The van der Waals surface area contributed by atoms with Crippen molar-refractivity contribution in [3.8, 4) is 0 Å². The van der Waals surface area contributed by atoms with E-state index in [4.69, 9.17) is 0 Å². The van der Waals surface area contributed by atoms with Gasteiger partial charge in [0.25, 0.3) is 0 Å². The van der Waals surface area contributed by atoms with E-state index in [2.05, 4.69) is 76.9 Å². The topological polar surface area (TPSA) is 49.8 Å². The van der Waals surface area contributed by atoms with E-state index >= 15 is 0 Å². The third-order valence-electron chi connectivity index (χ3n) is 4.07. The first-order chi connectivity index (χ1) is 12.2. The molecule has 0 aliphatic rings. The van der Waals surface area contributed by atoms with Crippen molar-refractivity contribution in [1.29, 1.82) is 0 Å². The maximum Gasteiger partial charge on any atom is 0.224 e. The maximum atomic E-state index is 4.54. The van der Waals surface area contributed by atoms with E-state index in [0.717, 1.165) is 30.9 Å². The molecule has 25 heavy (non-hydrogen) atoms. The lowest BCUT2D eigenvalue weighted by molar-refractivity contribution is 0.853. The molecule has 0 saturated carbocycles. The van der Waals surface area contributed by atoms with Gasteiger partial charge in [0.05, 0.1) is 0 Å². The fourth-order valence-corrected chi connectivity index (χ4v) is 2.74. The van der Waals surface area contributed by atoms with Gasteiger partial charge in [0, 0.05) is 18.4 Å². The van der Waals surface area contributed by atoms with Crippen LogP contribution in [-0.2, 0) is 6.42 Å². The number of rotatable bonds is 7. The maximum absolute atomic E-state index is 4.54. The highest BCUT2D eigenvalue weighted by Crippen LogP contribution is 2.20. The molecule has 3 aromatic rings. The highest BCUT2D eigenvalue weighted by molar-refractivity contribution is 5.61. The Morgan fingerprint density at radius 3 is 2.60 bits per heavy atom. The molecule has 0 fully saturated rings. The minimum absolute atomic E-state index is 0.655. The first kappa shape index (κ1) is 17.0. The first-order valence-corrected chi connectivity index (χ1v) is 8.66. The molecule has 0 atom stereocenters. The zero-order valence-corrected chi connectivity index (χ0v) is 14.8. The number of hydrogen-bond donors (Lipinski definition) is 2. The highest BCUT2D eigenvalue weighted by atomic mass is 15.1. The van der Waals surface area contributed by atoms with Gasteiger partial charge in [-0.2, -0.15) is 4.98 Å². The van der Waals surface area contributed by atoms with Gasteiger partial charge in [0.2, 0.25) is 5.95 Å². The van der Waals surface area contributed by atoms with Gasteiger partial charge in [-0.1, -0.05) is 48.0 Å². The molecule has 0 unspecified atom stereocenters. The van der Waals surface area contributed by atoms with Crippen LogP contribution in [0, 0.1) is 13.8 Å². The third-order valence-corrected chi connectivity index (χ3v) is 4.07. The molecule has 0 bridgehead atoms.